The lowest BCUT2D eigenvalue weighted by Crippen LogP contribution is -2.50. The van der Waals surface area contributed by atoms with Gasteiger partial charge in [0.1, 0.15) is 11.9 Å². The van der Waals surface area contributed by atoms with Gasteiger partial charge in [0.2, 0.25) is 17.7 Å². The van der Waals surface area contributed by atoms with E-state index in [1.807, 2.05) is 11.8 Å². The molecule has 1 atom stereocenters. The average Bonchev–Trinajstić information content (AvgIpc) is 3.43. The summed E-state index contributed by atoms with van der Waals surface area (Å²) in [5.74, 6) is 0.711. The van der Waals surface area contributed by atoms with Crippen molar-refractivity contribution in [1.29, 1.82) is 0 Å². The van der Waals surface area contributed by atoms with Crippen molar-refractivity contribution in [3.8, 4) is 11.7 Å². The van der Waals surface area contributed by atoms with Crippen LogP contribution in [0.25, 0.3) is 16.9 Å². The Bertz CT molecular complexity index is 1380. The van der Waals surface area contributed by atoms with Crippen molar-refractivity contribution < 1.29 is 23.0 Å². The zero-order chi connectivity index (χ0) is 29.8. The molecular formula is C31H41F2N7O3. The van der Waals surface area contributed by atoms with Gasteiger partial charge in [0.05, 0.1) is 30.3 Å². The van der Waals surface area contributed by atoms with Crippen LogP contribution in [0.2, 0.25) is 0 Å². The van der Waals surface area contributed by atoms with E-state index in [0.717, 1.165) is 38.5 Å². The highest BCUT2D eigenvalue weighted by molar-refractivity contribution is 5.81. The van der Waals surface area contributed by atoms with Gasteiger partial charge >= 0.3 is 0 Å². The standard InChI is InChI=1S/C31H41F2N7O3/c1-20(34-21-7-3-2-4-8-21)30(41)35-22-11-13-23(14-12-22)43-27-19-26(37-31(38-27)39-15-17-42-18-16-39)40-25-10-6-5-9-24(25)36-29(40)28(32)33/h5-6,9-10,19-23,28,34H,2-4,7-8,11-18H2,1H3,(H,35,41)/t20-,22-,23-/m0/s1. The molecule has 2 aliphatic carbocycles. The second-order valence-electron chi connectivity index (χ2n) is 11.9. The van der Waals surface area contributed by atoms with Crippen molar-refractivity contribution in [2.45, 2.75) is 95.4 Å². The van der Waals surface area contributed by atoms with Crippen LogP contribution in [0.3, 0.4) is 0 Å². The number of nitrogens with one attached hydrogen (secondary N) is 2. The Hall–Kier alpha value is -3.38. The maximum atomic E-state index is 14.2. The van der Waals surface area contributed by atoms with Crippen LogP contribution in [0, 0.1) is 0 Å². The van der Waals surface area contributed by atoms with Gasteiger partial charge in [-0.25, -0.2) is 13.8 Å². The minimum Gasteiger partial charge on any atom is -0.474 e. The molecule has 0 spiro atoms. The Morgan fingerprint density at radius 3 is 2.47 bits per heavy atom. The van der Waals surface area contributed by atoms with E-state index in [-0.39, 0.29) is 35.7 Å². The van der Waals surface area contributed by atoms with Gasteiger partial charge in [-0.2, -0.15) is 9.97 Å². The van der Waals surface area contributed by atoms with Crippen LogP contribution >= 0.6 is 0 Å². The lowest BCUT2D eigenvalue weighted by Gasteiger charge is -2.31. The summed E-state index contributed by atoms with van der Waals surface area (Å²) in [5, 5.41) is 6.73. The van der Waals surface area contributed by atoms with Crippen LogP contribution in [-0.2, 0) is 9.53 Å². The molecule has 6 rings (SSSR count). The molecule has 1 aliphatic heterocycles. The Morgan fingerprint density at radius 2 is 1.72 bits per heavy atom. The molecule has 2 aromatic heterocycles. The van der Waals surface area contributed by atoms with E-state index >= 15 is 0 Å². The first-order chi connectivity index (χ1) is 20.9. The van der Waals surface area contributed by atoms with Crippen molar-refractivity contribution in [2.24, 2.45) is 0 Å². The fraction of sp³-hybridized carbons (Fsp3) is 0.613. The zero-order valence-electron chi connectivity index (χ0n) is 24.7. The molecule has 1 saturated heterocycles. The number of para-hydroxylation sites is 2. The molecule has 3 aromatic rings. The topological polar surface area (TPSA) is 106 Å². The van der Waals surface area contributed by atoms with Gasteiger partial charge in [0.25, 0.3) is 6.43 Å². The molecule has 3 heterocycles. The number of amides is 1. The number of ether oxygens (including phenoxy) is 2. The molecule has 10 nitrogen and oxygen atoms in total. The van der Waals surface area contributed by atoms with Crippen LogP contribution in [0.5, 0.6) is 5.88 Å². The number of anilines is 1. The third kappa shape index (κ3) is 7.06. The number of hydrogen-bond donors (Lipinski definition) is 2. The van der Waals surface area contributed by atoms with Gasteiger partial charge in [-0.15, -0.1) is 0 Å². The Labute approximate surface area is 250 Å². The van der Waals surface area contributed by atoms with Gasteiger partial charge < -0.3 is 25.0 Å². The summed E-state index contributed by atoms with van der Waals surface area (Å²) in [6, 6.07) is 8.96. The van der Waals surface area contributed by atoms with Crippen LogP contribution in [-0.4, -0.2) is 76.0 Å². The molecule has 0 bridgehead atoms. The van der Waals surface area contributed by atoms with Crippen LogP contribution in [0.4, 0.5) is 14.7 Å². The van der Waals surface area contributed by atoms with Gasteiger partial charge in [0, 0.05) is 31.2 Å². The van der Waals surface area contributed by atoms with Crippen LogP contribution < -0.4 is 20.3 Å². The third-order valence-corrected chi connectivity index (χ3v) is 8.77. The molecule has 2 N–H and O–H groups in total. The van der Waals surface area contributed by atoms with E-state index in [1.54, 1.807) is 30.3 Å². The molecule has 3 aliphatic rings. The highest BCUT2D eigenvalue weighted by Gasteiger charge is 2.28. The average molecular weight is 598 g/mol. The van der Waals surface area contributed by atoms with Crippen LogP contribution in [0.1, 0.15) is 77.0 Å². The first kappa shape index (κ1) is 29.7. The van der Waals surface area contributed by atoms with Gasteiger partial charge in [-0.05, 0) is 57.6 Å². The normalized spacial score (nSPS) is 22.6. The van der Waals surface area contributed by atoms with Crippen molar-refractivity contribution in [1.82, 2.24) is 30.2 Å². The number of halogens is 2. The number of aromatic nitrogens is 4. The second-order valence-corrected chi connectivity index (χ2v) is 11.9. The maximum absolute atomic E-state index is 14.2. The maximum Gasteiger partial charge on any atom is 0.296 e. The number of carbonyl (C=O) groups excluding carboxylic acids is 1. The lowest BCUT2D eigenvalue weighted by atomic mass is 9.92. The Morgan fingerprint density at radius 1 is 0.977 bits per heavy atom. The fourth-order valence-corrected chi connectivity index (χ4v) is 6.43. The summed E-state index contributed by atoms with van der Waals surface area (Å²) in [7, 11) is 0. The van der Waals surface area contributed by atoms with Crippen molar-refractivity contribution in [3.63, 3.8) is 0 Å². The quantitative estimate of drug-likeness (QED) is 0.366. The van der Waals surface area contributed by atoms with Crippen molar-refractivity contribution >= 4 is 22.9 Å². The van der Waals surface area contributed by atoms with Crippen LogP contribution in [0.15, 0.2) is 30.3 Å². The molecule has 0 unspecified atom stereocenters. The number of hydrogen-bond acceptors (Lipinski definition) is 8. The minimum absolute atomic E-state index is 0.0490. The fourth-order valence-electron chi connectivity index (χ4n) is 6.43. The summed E-state index contributed by atoms with van der Waals surface area (Å²) < 4.78 is 41.6. The highest BCUT2D eigenvalue weighted by atomic mass is 19.3. The summed E-state index contributed by atoms with van der Waals surface area (Å²) >= 11 is 0. The van der Waals surface area contributed by atoms with E-state index in [0.29, 0.717) is 55.2 Å². The van der Waals surface area contributed by atoms with E-state index < -0.39 is 6.43 Å². The first-order valence-electron chi connectivity index (χ1n) is 15.7. The zero-order valence-corrected chi connectivity index (χ0v) is 24.7. The van der Waals surface area contributed by atoms with E-state index in [4.69, 9.17) is 19.4 Å². The number of nitrogens with zero attached hydrogens (tertiary/aromatic N) is 5. The number of fused-ring (bicyclic) bond motifs is 1. The molecule has 2 saturated carbocycles. The lowest BCUT2D eigenvalue weighted by molar-refractivity contribution is -0.124. The number of alkyl halides is 2. The summed E-state index contributed by atoms with van der Waals surface area (Å²) in [4.78, 5) is 28.4. The van der Waals surface area contributed by atoms with Gasteiger partial charge in [0.15, 0.2) is 5.82 Å². The molecular weight excluding hydrogens is 556 g/mol. The Kier molecular flexibility index (Phi) is 9.32. The predicted octanol–water partition coefficient (Wildman–Crippen LogP) is 4.71. The molecule has 3 fully saturated rings. The molecule has 12 heteroatoms. The summed E-state index contributed by atoms with van der Waals surface area (Å²) in [6.45, 7) is 4.19. The second kappa shape index (κ2) is 13.5. The first-order valence-corrected chi connectivity index (χ1v) is 15.7. The highest BCUT2D eigenvalue weighted by Crippen LogP contribution is 2.31. The summed E-state index contributed by atoms with van der Waals surface area (Å²) in [6.07, 6.45) is 6.20. The van der Waals surface area contributed by atoms with E-state index in [2.05, 4.69) is 15.6 Å². The summed E-state index contributed by atoms with van der Waals surface area (Å²) in [5.41, 5.74) is 1.01. The molecule has 1 amide bonds. The monoisotopic (exact) mass is 597 g/mol. The minimum atomic E-state index is -2.79. The molecule has 43 heavy (non-hydrogen) atoms. The number of rotatable bonds is 9. The van der Waals surface area contributed by atoms with Crippen molar-refractivity contribution in [2.75, 3.05) is 31.2 Å². The molecule has 0 radical (unpaired) electrons. The number of benzene rings is 1. The largest absolute Gasteiger partial charge is 0.474 e. The van der Waals surface area contributed by atoms with Gasteiger partial charge in [-0.1, -0.05) is 31.4 Å². The Balaban J connectivity index is 1.15. The van der Waals surface area contributed by atoms with Gasteiger partial charge in [-0.3, -0.25) is 9.36 Å². The molecule has 232 valence electrons. The number of morpholine rings is 1. The molecule has 1 aromatic carbocycles. The third-order valence-electron chi connectivity index (χ3n) is 8.77. The predicted molar refractivity (Wildman–Crippen MR) is 159 cm³/mol. The van der Waals surface area contributed by atoms with E-state index in [9.17, 15) is 13.6 Å². The van der Waals surface area contributed by atoms with E-state index in [1.165, 1.54) is 23.8 Å². The SMILES string of the molecule is C[C@H](NC1CCCCC1)C(=O)N[C@H]1CC[C@H](Oc2cc(-n3c(C(F)F)nc4ccccc43)nc(N3CCOCC3)n2)CC1. The smallest absolute Gasteiger partial charge is 0.296 e. The van der Waals surface area contributed by atoms with Crippen molar-refractivity contribution in [3.05, 3.63) is 36.2 Å². The number of imidazole rings is 1. The number of carbonyl (C=O) groups is 1.